The van der Waals surface area contributed by atoms with Gasteiger partial charge >= 0.3 is 0 Å². The van der Waals surface area contributed by atoms with Gasteiger partial charge in [-0.05, 0) is 36.4 Å². The largest absolute Gasteiger partial charge is 0.489 e. The smallest absolute Gasteiger partial charge is 0.120 e. The summed E-state index contributed by atoms with van der Waals surface area (Å²) in [5.74, 6) is 1.53. The first-order valence-corrected chi connectivity index (χ1v) is 8.30. The van der Waals surface area contributed by atoms with E-state index in [1.54, 1.807) is 0 Å². The van der Waals surface area contributed by atoms with Crippen LogP contribution in [-0.4, -0.2) is 0 Å². The first kappa shape index (κ1) is 16.7. The lowest BCUT2D eigenvalue weighted by Crippen LogP contribution is -1.97. The summed E-state index contributed by atoms with van der Waals surface area (Å²) in [6.07, 6.45) is 0. The number of hydrogen-bond donors (Lipinski definition) is 0. The Labute approximate surface area is 151 Å². The molecule has 4 heteroatoms. The summed E-state index contributed by atoms with van der Waals surface area (Å²) in [4.78, 5) is 0. The highest BCUT2D eigenvalue weighted by Gasteiger charge is 2.03. The first-order valence-electron chi connectivity index (χ1n) is 7.55. The Morgan fingerprint density at radius 3 is 1.29 bits per heavy atom. The highest BCUT2D eigenvalue weighted by atomic mass is 35.5. The van der Waals surface area contributed by atoms with Crippen LogP contribution in [0.2, 0.25) is 10.0 Å². The van der Waals surface area contributed by atoms with Gasteiger partial charge < -0.3 is 9.47 Å². The van der Waals surface area contributed by atoms with E-state index < -0.39 is 0 Å². The molecule has 0 saturated carbocycles. The van der Waals surface area contributed by atoms with Gasteiger partial charge in [0.05, 0.1) is 0 Å². The fourth-order valence-corrected chi connectivity index (χ4v) is 2.57. The SMILES string of the molecule is Clc1ccccc1COc1ccc(OCc2ccccc2Cl)cc1. The van der Waals surface area contributed by atoms with Crippen molar-refractivity contribution in [2.75, 3.05) is 0 Å². The summed E-state index contributed by atoms with van der Waals surface area (Å²) in [5.41, 5.74) is 1.91. The molecule has 24 heavy (non-hydrogen) atoms. The molecule has 3 aromatic rings. The van der Waals surface area contributed by atoms with Crippen LogP contribution in [0.15, 0.2) is 72.8 Å². The molecule has 3 aromatic carbocycles. The first-order chi connectivity index (χ1) is 11.7. The maximum Gasteiger partial charge on any atom is 0.120 e. The Hall–Kier alpha value is -2.16. The lowest BCUT2D eigenvalue weighted by Gasteiger charge is -2.10. The average molecular weight is 359 g/mol. The summed E-state index contributed by atoms with van der Waals surface area (Å²) >= 11 is 12.2. The van der Waals surface area contributed by atoms with Crippen molar-refractivity contribution in [1.29, 1.82) is 0 Å². The number of halogens is 2. The third-order valence-electron chi connectivity index (χ3n) is 3.53. The van der Waals surface area contributed by atoms with Gasteiger partial charge in [-0.3, -0.25) is 0 Å². The van der Waals surface area contributed by atoms with Crippen LogP contribution >= 0.6 is 23.2 Å². The van der Waals surface area contributed by atoms with E-state index in [1.807, 2.05) is 72.8 Å². The van der Waals surface area contributed by atoms with Crippen molar-refractivity contribution < 1.29 is 9.47 Å². The molecule has 0 aromatic heterocycles. The monoisotopic (exact) mass is 358 g/mol. The van der Waals surface area contributed by atoms with E-state index in [9.17, 15) is 0 Å². The van der Waals surface area contributed by atoms with Crippen LogP contribution in [0.5, 0.6) is 11.5 Å². The quantitative estimate of drug-likeness (QED) is 0.525. The van der Waals surface area contributed by atoms with Crippen molar-refractivity contribution in [1.82, 2.24) is 0 Å². The fourth-order valence-electron chi connectivity index (χ4n) is 2.19. The predicted octanol–water partition coefficient (Wildman–Crippen LogP) is 6.15. The molecular formula is C20H16Cl2O2. The van der Waals surface area contributed by atoms with E-state index >= 15 is 0 Å². The molecule has 0 aliphatic heterocycles. The van der Waals surface area contributed by atoms with Crippen LogP contribution in [0.3, 0.4) is 0 Å². The molecule has 122 valence electrons. The highest BCUT2D eigenvalue weighted by molar-refractivity contribution is 6.31. The molecule has 0 fully saturated rings. The molecule has 0 unspecified atom stereocenters. The minimum absolute atomic E-state index is 0.430. The Balaban J connectivity index is 1.55. The van der Waals surface area contributed by atoms with Gasteiger partial charge in [-0.2, -0.15) is 0 Å². The van der Waals surface area contributed by atoms with E-state index in [1.165, 1.54) is 0 Å². The molecule has 0 N–H and O–H groups in total. The van der Waals surface area contributed by atoms with Crippen molar-refractivity contribution in [3.8, 4) is 11.5 Å². The van der Waals surface area contributed by atoms with Crippen LogP contribution in [0.1, 0.15) is 11.1 Å². The molecule has 3 rings (SSSR count). The zero-order valence-electron chi connectivity index (χ0n) is 12.9. The topological polar surface area (TPSA) is 18.5 Å². The molecule has 0 spiro atoms. The molecular weight excluding hydrogens is 343 g/mol. The normalized spacial score (nSPS) is 10.4. The van der Waals surface area contributed by atoms with Crippen LogP contribution in [-0.2, 0) is 13.2 Å². The minimum atomic E-state index is 0.430. The third-order valence-corrected chi connectivity index (χ3v) is 4.27. The third kappa shape index (κ3) is 4.44. The lowest BCUT2D eigenvalue weighted by atomic mass is 10.2. The molecule has 0 heterocycles. The molecule has 2 nitrogen and oxygen atoms in total. The van der Waals surface area contributed by atoms with Gasteiger partial charge in [-0.1, -0.05) is 59.6 Å². The van der Waals surface area contributed by atoms with Gasteiger partial charge in [0.1, 0.15) is 24.7 Å². The van der Waals surface area contributed by atoms with Gasteiger partial charge in [0.15, 0.2) is 0 Å². The summed E-state index contributed by atoms with van der Waals surface area (Å²) in [7, 11) is 0. The van der Waals surface area contributed by atoms with Crippen molar-refractivity contribution in [2.45, 2.75) is 13.2 Å². The van der Waals surface area contributed by atoms with Gasteiger partial charge in [0, 0.05) is 21.2 Å². The summed E-state index contributed by atoms with van der Waals surface area (Å²) in [6.45, 7) is 0.860. The van der Waals surface area contributed by atoms with Crippen LogP contribution in [0.25, 0.3) is 0 Å². The van der Waals surface area contributed by atoms with E-state index in [2.05, 4.69) is 0 Å². The second-order valence-electron chi connectivity index (χ2n) is 5.23. The van der Waals surface area contributed by atoms with E-state index in [0.29, 0.717) is 23.3 Å². The molecule has 0 atom stereocenters. The number of hydrogen-bond acceptors (Lipinski definition) is 2. The van der Waals surface area contributed by atoms with Crippen molar-refractivity contribution in [2.24, 2.45) is 0 Å². The highest BCUT2D eigenvalue weighted by Crippen LogP contribution is 2.23. The molecule has 0 bridgehead atoms. The van der Waals surface area contributed by atoms with Crippen LogP contribution < -0.4 is 9.47 Å². The number of ether oxygens (including phenoxy) is 2. The van der Waals surface area contributed by atoms with Gasteiger partial charge in [-0.15, -0.1) is 0 Å². The molecule has 0 amide bonds. The van der Waals surface area contributed by atoms with Crippen molar-refractivity contribution >= 4 is 23.2 Å². The molecule has 0 aliphatic rings. The standard InChI is InChI=1S/C20H16Cl2O2/c21-19-7-3-1-5-15(19)13-23-17-9-11-18(12-10-17)24-14-16-6-2-4-8-20(16)22/h1-12H,13-14H2. The van der Waals surface area contributed by atoms with E-state index in [0.717, 1.165) is 22.6 Å². The van der Waals surface area contributed by atoms with E-state index in [4.69, 9.17) is 32.7 Å². The average Bonchev–Trinajstić information content (AvgIpc) is 2.61. The van der Waals surface area contributed by atoms with Crippen molar-refractivity contribution in [3.63, 3.8) is 0 Å². The Morgan fingerprint density at radius 2 is 0.917 bits per heavy atom. The van der Waals surface area contributed by atoms with Gasteiger partial charge in [-0.25, -0.2) is 0 Å². The molecule has 0 aliphatic carbocycles. The fraction of sp³-hybridized carbons (Fsp3) is 0.100. The van der Waals surface area contributed by atoms with Gasteiger partial charge in [0.2, 0.25) is 0 Å². The summed E-state index contributed by atoms with van der Waals surface area (Å²) in [5, 5.41) is 1.41. The summed E-state index contributed by atoms with van der Waals surface area (Å²) in [6, 6.07) is 22.8. The maximum atomic E-state index is 6.12. The van der Waals surface area contributed by atoms with Crippen LogP contribution in [0, 0.1) is 0 Å². The second-order valence-corrected chi connectivity index (χ2v) is 6.05. The lowest BCUT2D eigenvalue weighted by molar-refractivity contribution is 0.297. The Bertz CT molecular complexity index is 732. The van der Waals surface area contributed by atoms with E-state index in [-0.39, 0.29) is 0 Å². The van der Waals surface area contributed by atoms with Crippen LogP contribution in [0.4, 0.5) is 0 Å². The Kier molecular flexibility index (Phi) is 5.63. The number of benzene rings is 3. The predicted molar refractivity (Wildman–Crippen MR) is 98.0 cm³/mol. The maximum absolute atomic E-state index is 6.12. The number of rotatable bonds is 6. The Morgan fingerprint density at radius 1 is 0.542 bits per heavy atom. The zero-order chi connectivity index (χ0) is 16.8. The molecule has 0 radical (unpaired) electrons. The van der Waals surface area contributed by atoms with Crippen molar-refractivity contribution in [3.05, 3.63) is 94.0 Å². The summed E-state index contributed by atoms with van der Waals surface area (Å²) < 4.78 is 11.5. The van der Waals surface area contributed by atoms with Gasteiger partial charge in [0.25, 0.3) is 0 Å². The zero-order valence-corrected chi connectivity index (χ0v) is 14.4. The minimum Gasteiger partial charge on any atom is -0.489 e. The molecule has 0 saturated heterocycles. The second kappa shape index (κ2) is 8.09.